The lowest BCUT2D eigenvalue weighted by molar-refractivity contribution is -0.148. The summed E-state index contributed by atoms with van der Waals surface area (Å²) in [7, 11) is 0. The Morgan fingerprint density at radius 2 is 2.07 bits per heavy atom. The Bertz CT molecular complexity index is 179. The van der Waals surface area contributed by atoms with Gasteiger partial charge in [0.1, 0.15) is 0 Å². The van der Waals surface area contributed by atoms with Gasteiger partial charge in [-0.3, -0.25) is 4.90 Å². The molecule has 0 aromatic carbocycles. The lowest BCUT2D eigenvalue weighted by Crippen LogP contribution is -2.54. The molecule has 1 N–H and O–H groups in total. The lowest BCUT2D eigenvalue weighted by atomic mass is 10.0. The highest BCUT2D eigenvalue weighted by Gasteiger charge is 2.33. The Kier molecular flexibility index (Phi) is 3.78. The fraction of sp³-hybridized carbons (Fsp3) is 1.00. The number of rotatable bonds is 2. The minimum absolute atomic E-state index is 0.186. The van der Waals surface area contributed by atoms with E-state index in [0.29, 0.717) is 25.6 Å². The molecule has 0 spiro atoms. The van der Waals surface area contributed by atoms with Gasteiger partial charge in [0.2, 0.25) is 0 Å². The quantitative estimate of drug-likeness (QED) is 0.742. The lowest BCUT2D eigenvalue weighted by Gasteiger charge is -2.35. The zero-order valence-electron chi connectivity index (χ0n) is 8.56. The summed E-state index contributed by atoms with van der Waals surface area (Å²) in [4.78, 5) is 1.47. The number of hydrogen-bond acceptors (Lipinski definition) is 2. The van der Waals surface area contributed by atoms with Gasteiger partial charge < -0.3 is 5.32 Å². The Hall–Kier alpha value is -0.290. The molecule has 1 fully saturated rings. The molecule has 0 radical (unpaired) electrons. The molecule has 1 heterocycles. The molecule has 1 atom stereocenters. The predicted octanol–water partition coefficient (Wildman–Crippen LogP) is 1.48. The van der Waals surface area contributed by atoms with E-state index in [0.717, 1.165) is 0 Å². The van der Waals surface area contributed by atoms with Crippen LogP contribution in [0.4, 0.5) is 13.2 Å². The molecule has 1 aliphatic rings. The highest BCUT2D eigenvalue weighted by molar-refractivity contribution is 4.81. The van der Waals surface area contributed by atoms with Crippen LogP contribution in [0.5, 0.6) is 0 Å². The van der Waals surface area contributed by atoms with Gasteiger partial charge in [0, 0.05) is 25.7 Å². The highest BCUT2D eigenvalue weighted by Crippen LogP contribution is 2.18. The molecule has 0 aromatic rings. The molecule has 0 bridgehead atoms. The van der Waals surface area contributed by atoms with Crippen molar-refractivity contribution in [1.29, 1.82) is 0 Å². The third-order valence-electron chi connectivity index (χ3n) is 2.50. The van der Waals surface area contributed by atoms with E-state index in [9.17, 15) is 13.2 Å². The second kappa shape index (κ2) is 4.49. The molecular formula is C9H17F3N2. The second-order valence-corrected chi connectivity index (χ2v) is 4.15. The first kappa shape index (κ1) is 11.8. The van der Waals surface area contributed by atoms with Gasteiger partial charge in [-0.15, -0.1) is 0 Å². The van der Waals surface area contributed by atoms with Gasteiger partial charge in [-0.2, -0.15) is 13.2 Å². The SMILES string of the molecule is CC(C)[C@@H]1CN(CC(F)(F)F)CCN1. The summed E-state index contributed by atoms with van der Waals surface area (Å²) in [5.41, 5.74) is 0. The molecule has 0 aliphatic carbocycles. The number of nitrogens with one attached hydrogen (secondary N) is 1. The molecule has 0 aromatic heterocycles. The van der Waals surface area contributed by atoms with Crippen molar-refractivity contribution in [2.75, 3.05) is 26.2 Å². The highest BCUT2D eigenvalue weighted by atomic mass is 19.4. The molecule has 84 valence electrons. The summed E-state index contributed by atoms with van der Waals surface area (Å²) in [6.07, 6.45) is -4.07. The molecule has 1 rings (SSSR count). The molecule has 0 saturated carbocycles. The Morgan fingerprint density at radius 1 is 1.43 bits per heavy atom. The van der Waals surface area contributed by atoms with Gasteiger partial charge in [0.05, 0.1) is 6.54 Å². The maximum atomic E-state index is 12.1. The Labute approximate surface area is 82.5 Å². The van der Waals surface area contributed by atoms with Crippen LogP contribution in [0.25, 0.3) is 0 Å². The van der Waals surface area contributed by atoms with Crippen LogP contribution in [-0.4, -0.2) is 43.3 Å². The van der Waals surface area contributed by atoms with Gasteiger partial charge in [0.25, 0.3) is 0 Å². The predicted molar refractivity (Wildman–Crippen MR) is 49.1 cm³/mol. The van der Waals surface area contributed by atoms with E-state index in [1.54, 1.807) is 0 Å². The van der Waals surface area contributed by atoms with E-state index in [1.807, 2.05) is 13.8 Å². The molecule has 0 unspecified atom stereocenters. The second-order valence-electron chi connectivity index (χ2n) is 4.15. The zero-order chi connectivity index (χ0) is 10.8. The van der Waals surface area contributed by atoms with Gasteiger partial charge in [0.15, 0.2) is 0 Å². The number of alkyl halides is 3. The number of nitrogens with zero attached hydrogens (tertiary/aromatic N) is 1. The van der Waals surface area contributed by atoms with Crippen LogP contribution in [-0.2, 0) is 0 Å². The Balaban J connectivity index is 2.40. The number of hydrogen-bond donors (Lipinski definition) is 1. The van der Waals surface area contributed by atoms with E-state index in [1.165, 1.54) is 4.90 Å². The van der Waals surface area contributed by atoms with Gasteiger partial charge in [-0.05, 0) is 5.92 Å². The fourth-order valence-corrected chi connectivity index (χ4v) is 1.69. The smallest absolute Gasteiger partial charge is 0.311 e. The van der Waals surface area contributed by atoms with E-state index in [-0.39, 0.29) is 6.04 Å². The summed E-state index contributed by atoms with van der Waals surface area (Å²) >= 11 is 0. The van der Waals surface area contributed by atoms with Crippen molar-refractivity contribution in [1.82, 2.24) is 10.2 Å². The minimum Gasteiger partial charge on any atom is -0.311 e. The summed E-state index contributed by atoms with van der Waals surface area (Å²) in [6.45, 7) is 4.90. The minimum atomic E-state index is -4.07. The third kappa shape index (κ3) is 3.84. The van der Waals surface area contributed by atoms with Crippen LogP contribution in [0.1, 0.15) is 13.8 Å². The molecule has 5 heteroatoms. The zero-order valence-corrected chi connectivity index (χ0v) is 8.56. The number of halogens is 3. The standard InChI is InChI=1S/C9H17F3N2/c1-7(2)8-5-14(4-3-13-8)6-9(10,11)12/h7-8,13H,3-6H2,1-2H3/t8-/m0/s1. The topological polar surface area (TPSA) is 15.3 Å². The van der Waals surface area contributed by atoms with Gasteiger partial charge in [-0.1, -0.05) is 13.8 Å². The van der Waals surface area contributed by atoms with Crippen molar-refractivity contribution >= 4 is 0 Å². The summed E-state index contributed by atoms with van der Waals surface area (Å²) in [5, 5.41) is 3.23. The van der Waals surface area contributed by atoms with Gasteiger partial charge in [-0.25, -0.2) is 0 Å². The van der Waals surface area contributed by atoms with Crippen LogP contribution < -0.4 is 5.32 Å². The first-order chi connectivity index (χ1) is 6.38. The first-order valence-corrected chi connectivity index (χ1v) is 4.91. The van der Waals surface area contributed by atoms with E-state index in [4.69, 9.17) is 0 Å². The normalized spacial score (nSPS) is 25.7. The van der Waals surface area contributed by atoms with Crippen LogP contribution in [0.2, 0.25) is 0 Å². The first-order valence-electron chi connectivity index (χ1n) is 4.91. The largest absolute Gasteiger partial charge is 0.401 e. The van der Waals surface area contributed by atoms with Crippen LogP contribution in [0, 0.1) is 5.92 Å². The summed E-state index contributed by atoms with van der Waals surface area (Å²) < 4.78 is 36.3. The Morgan fingerprint density at radius 3 is 2.57 bits per heavy atom. The average molecular weight is 210 g/mol. The molecule has 14 heavy (non-hydrogen) atoms. The van der Waals surface area contributed by atoms with Crippen LogP contribution in [0.3, 0.4) is 0 Å². The molecule has 0 amide bonds. The summed E-state index contributed by atoms with van der Waals surface area (Å²) in [5.74, 6) is 0.381. The van der Waals surface area contributed by atoms with Crippen molar-refractivity contribution in [3.05, 3.63) is 0 Å². The van der Waals surface area contributed by atoms with E-state index >= 15 is 0 Å². The van der Waals surface area contributed by atoms with Crippen LogP contribution >= 0.6 is 0 Å². The molecule has 1 aliphatic heterocycles. The van der Waals surface area contributed by atoms with Crippen molar-refractivity contribution in [3.8, 4) is 0 Å². The van der Waals surface area contributed by atoms with Gasteiger partial charge >= 0.3 is 6.18 Å². The number of piperazine rings is 1. The van der Waals surface area contributed by atoms with E-state index < -0.39 is 12.7 Å². The maximum absolute atomic E-state index is 12.1. The molecule has 2 nitrogen and oxygen atoms in total. The molecular weight excluding hydrogens is 193 g/mol. The van der Waals surface area contributed by atoms with E-state index in [2.05, 4.69) is 5.32 Å². The molecule has 1 saturated heterocycles. The monoisotopic (exact) mass is 210 g/mol. The van der Waals surface area contributed by atoms with Crippen LogP contribution in [0.15, 0.2) is 0 Å². The third-order valence-corrected chi connectivity index (χ3v) is 2.50. The summed E-state index contributed by atoms with van der Waals surface area (Å²) in [6, 6.07) is 0.186. The van der Waals surface area contributed by atoms with Crippen molar-refractivity contribution in [3.63, 3.8) is 0 Å². The maximum Gasteiger partial charge on any atom is 0.401 e. The average Bonchev–Trinajstić information content (AvgIpc) is 2.01. The van der Waals surface area contributed by atoms with Crippen molar-refractivity contribution in [2.24, 2.45) is 5.92 Å². The fourth-order valence-electron chi connectivity index (χ4n) is 1.69. The van der Waals surface area contributed by atoms with Crippen molar-refractivity contribution < 1.29 is 13.2 Å². The van der Waals surface area contributed by atoms with Crippen molar-refractivity contribution in [2.45, 2.75) is 26.1 Å².